The molecule has 0 aliphatic carbocycles. The second-order valence-electron chi connectivity index (χ2n) is 5.03. The molecule has 0 aliphatic rings. The van der Waals surface area contributed by atoms with Crippen LogP contribution in [0, 0.1) is 0 Å². The summed E-state index contributed by atoms with van der Waals surface area (Å²) in [5.74, 6) is 0.117. The highest BCUT2D eigenvalue weighted by Gasteiger charge is 2.18. The minimum Gasteiger partial charge on any atom is -0.294 e. The van der Waals surface area contributed by atoms with Gasteiger partial charge in [-0.25, -0.2) is 0 Å². The molecule has 2 aromatic heterocycles. The zero-order chi connectivity index (χ0) is 14.7. The second-order valence-corrected chi connectivity index (χ2v) is 5.03. The van der Waals surface area contributed by atoms with Gasteiger partial charge in [0, 0.05) is 25.5 Å². The maximum atomic E-state index is 11.8. The van der Waals surface area contributed by atoms with Crippen molar-refractivity contribution in [3.8, 4) is 0 Å². The van der Waals surface area contributed by atoms with E-state index in [9.17, 15) is 4.79 Å². The van der Waals surface area contributed by atoms with E-state index in [-0.39, 0.29) is 5.78 Å². The summed E-state index contributed by atoms with van der Waals surface area (Å²) in [6.07, 6.45) is 6.39. The summed E-state index contributed by atoms with van der Waals surface area (Å²) in [4.78, 5) is 11.8. The first kappa shape index (κ1) is 14.5. The first-order chi connectivity index (χ1) is 9.56. The normalized spacial score (nSPS) is 11.0. The predicted octanol–water partition coefficient (Wildman–Crippen LogP) is 2.19. The minimum absolute atomic E-state index is 0.117. The maximum Gasteiger partial charge on any atom is 0.163 e. The first-order valence-corrected chi connectivity index (χ1v) is 7.13. The van der Waals surface area contributed by atoms with Crippen LogP contribution in [0.15, 0.2) is 12.4 Å². The lowest BCUT2D eigenvalue weighted by atomic mass is 10.1. The number of nitrogens with zero attached hydrogens (tertiary/aromatic N) is 4. The van der Waals surface area contributed by atoms with Crippen molar-refractivity contribution >= 4 is 5.78 Å². The van der Waals surface area contributed by atoms with Gasteiger partial charge in [-0.05, 0) is 31.7 Å². The third-order valence-corrected chi connectivity index (χ3v) is 3.52. The fourth-order valence-electron chi connectivity index (χ4n) is 2.59. The molecular weight excluding hydrogens is 252 g/mol. The van der Waals surface area contributed by atoms with Gasteiger partial charge in [-0.3, -0.25) is 14.2 Å². The van der Waals surface area contributed by atoms with Crippen LogP contribution in [0.5, 0.6) is 0 Å². The topological polar surface area (TPSA) is 52.7 Å². The summed E-state index contributed by atoms with van der Waals surface area (Å²) < 4.78 is 3.79. The Morgan fingerprint density at radius 2 is 2.05 bits per heavy atom. The van der Waals surface area contributed by atoms with Gasteiger partial charge in [-0.2, -0.15) is 10.2 Å². The molecule has 0 bridgehead atoms. The second kappa shape index (κ2) is 6.03. The van der Waals surface area contributed by atoms with Gasteiger partial charge in [0.25, 0.3) is 0 Å². The zero-order valence-electron chi connectivity index (χ0n) is 12.7. The van der Waals surface area contributed by atoms with E-state index in [1.165, 1.54) is 5.56 Å². The fourth-order valence-corrected chi connectivity index (χ4v) is 2.59. The smallest absolute Gasteiger partial charge is 0.163 e. The van der Waals surface area contributed by atoms with E-state index in [1.807, 2.05) is 31.0 Å². The zero-order valence-corrected chi connectivity index (χ0v) is 12.7. The van der Waals surface area contributed by atoms with Crippen molar-refractivity contribution < 1.29 is 4.79 Å². The monoisotopic (exact) mass is 274 g/mol. The quantitative estimate of drug-likeness (QED) is 0.759. The molecule has 0 spiro atoms. The van der Waals surface area contributed by atoms with Gasteiger partial charge in [0.2, 0.25) is 0 Å². The predicted molar refractivity (Wildman–Crippen MR) is 77.9 cm³/mol. The van der Waals surface area contributed by atoms with E-state index >= 15 is 0 Å². The van der Waals surface area contributed by atoms with Crippen molar-refractivity contribution in [1.29, 1.82) is 0 Å². The Balaban J connectivity index is 2.25. The average molecular weight is 274 g/mol. The molecule has 0 aliphatic heterocycles. The Hall–Kier alpha value is -1.91. The highest BCUT2D eigenvalue weighted by Crippen LogP contribution is 2.17. The van der Waals surface area contributed by atoms with E-state index in [4.69, 9.17) is 0 Å². The lowest BCUT2D eigenvalue weighted by Gasteiger charge is -2.05. The molecule has 2 aromatic rings. The molecule has 0 unspecified atom stereocenters. The van der Waals surface area contributed by atoms with Gasteiger partial charge in [0.1, 0.15) is 0 Å². The summed E-state index contributed by atoms with van der Waals surface area (Å²) in [5, 5.41) is 8.78. The van der Waals surface area contributed by atoms with Crippen LogP contribution in [0.4, 0.5) is 0 Å². The molecule has 108 valence electrons. The highest BCUT2D eigenvalue weighted by atomic mass is 16.1. The molecule has 0 aromatic carbocycles. The van der Waals surface area contributed by atoms with Crippen molar-refractivity contribution in [2.45, 2.75) is 46.6 Å². The number of hydrogen-bond donors (Lipinski definition) is 0. The molecule has 0 atom stereocenters. The van der Waals surface area contributed by atoms with Crippen LogP contribution in [0.25, 0.3) is 0 Å². The van der Waals surface area contributed by atoms with Crippen molar-refractivity contribution in [2.24, 2.45) is 7.05 Å². The van der Waals surface area contributed by atoms with Crippen molar-refractivity contribution in [3.63, 3.8) is 0 Å². The lowest BCUT2D eigenvalue weighted by molar-refractivity contribution is 0.101. The van der Waals surface area contributed by atoms with Crippen molar-refractivity contribution in [1.82, 2.24) is 19.6 Å². The van der Waals surface area contributed by atoms with Crippen LogP contribution >= 0.6 is 0 Å². The standard InChI is InChI=1S/C15H22N4O/c1-5-13-15(11(3)20)14(6-2)19(17-13)8-7-12-9-16-18(4)10-12/h9-10H,5-8H2,1-4H3. The molecule has 2 heterocycles. The summed E-state index contributed by atoms with van der Waals surface area (Å²) in [7, 11) is 1.91. The van der Waals surface area contributed by atoms with E-state index in [0.29, 0.717) is 0 Å². The molecule has 2 rings (SSSR count). The molecule has 0 radical (unpaired) electrons. The summed E-state index contributed by atoms with van der Waals surface area (Å²) >= 11 is 0. The third-order valence-electron chi connectivity index (χ3n) is 3.52. The Bertz CT molecular complexity index is 609. The minimum atomic E-state index is 0.117. The fraction of sp³-hybridized carbons (Fsp3) is 0.533. The van der Waals surface area contributed by atoms with E-state index in [0.717, 1.165) is 42.8 Å². The van der Waals surface area contributed by atoms with Crippen LogP contribution < -0.4 is 0 Å². The van der Waals surface area contributed by atoms with Gasteiger partial charge in [0.15, 0.2) is 5.78 Å². The van der Waals surface area contributed by atoms with Crippen LogP contribution in [0.1, 0.15) is 48.1 Å². The Kier molecular flexibility index (Phi) is 4.37. The van der Waals surface area contributed by atoms with Crippen LogP contribution in [-0.4, -0.2) is 25.3 Å². The number of hydrogen-bond acceptors (Lipinski definition) is 3. The maximum absolute atomic E-state index is 11.8. The summed E-state index contributed by atoms with van der Waals surface area (Å²) in [5.41, 5.74) is 3.98. The molecule has 0 fully saturated rings. The molecule has 0 N–H and O–H groups in total. The number of ketones is 1. The van der Waals surface area contributed by atoms with Crippen LogP contribution in [0.3, 0.4) is 0 Å². The summed E-state index contributed by atoms with van der Waals surface area (Å²) in [6, 6.07) is 0. The lowest BCUT2D eigenvalue weighted by Crippen LogP contribution is -2.08. The number of aromatic nitrogens is 4. The van der Waals surface area contributed by atoms with Gasteiger partial charge in [-0.15, -0.1) is 0 Å². The van der Waals surface area contributed by atoms with Gasteiger partial charge in [0.05, 0.1) is 17.5 Å². The van der Waals surface area contributed by atoms with Crippen LogP contribution in [-0.2, 0) is 32.9 Å². The number of rotatable bonds is 6. The highest BCUT2D eigenvalue weighted by molar-refractivity contribution is 5.96. The van der Waals surface area contributed by atoms with Crippen LogP contribution in [0.2, 0.25) is 0 Å². The Morgan fingerprint density at radius 1 is 1.30 bits per heavy atom. The van der Waals surface area contributed by atoms with E-state index in [2.05, 4.69) is 17.1 Å². The molecule has 0 saturated carbocycles. The molecular formula is C15H22N4O. The van der Waals surface area contributed by atoms with Crippen molar-refractivity contribution in [3.05, 3.63) is 34.9 Å². The molecule has 20 heavy (non-hydrogen) atoms. The van der Waals surface area contributed by atoms with Gasteiger partial charge in [-0.1, -0.05) is 13.8 Å². The van der Waals surface area contributed by atoms with Gasteiger partial charge >= 0.3 is 0 Å². The SMILES string of the molecule is CCc1nn(CCc2cnn(C)c2)c(CC)c1C(C)=O. The molecule has 5 nitrogen and oxygen atoms in total. The Labute approximate surface area is 119 Å². The Morgan fingerprint density at radius 3 is 2.55 bits per heavy atom. The molecule has 0 amide bonds. The summed E-state index contributed by atoms with van der Waals surface area (Å²) in [6.45, 7) is 6.53. The molecule has 0 saturated heterocycles. The van der Waals surface area contributed by atoms with E-state index in [1.54, 1.807) is 11.6 Å². The number of aryl methyl sites for hydroxylation is 4. The van der Waals surface area contributed by atoms with Gasteiger partial charge < -0.3 is 0 Å². The van der Waals surface area contributed by atoms with Crippen molar-refractivity contribution in [2.75, 3.05) is 0 Å². The molecule has 5 heteroatoms. The number of carbonyl (C=O) groups excluding carboxylic acids is 1. The number of Topliss-reactive ketones (excluding diaryl/α,β-unsaturated/α-hetero) is 1. The first-order valence-electron chi connectivity index (χ1n) is 7.13. The number of carbonyl (C=O) groups is 1. The average Bonchev–Trinajstić information content (AvgIpc) is 2.99. The largest absolute Gasteiger partial charge is 0.294 e. The third kappa shape index (κ3) is 2.81. The van der Waals surface area contributed by atoms with E-state index < -0.39 is 0 Å².